The van der Waals surface area contributed by atoms with E-state index in [9.17, 15) is 9.59 Å². The molecule has 0 saturated heterocycles. The Hall–Kier alpha value is -1.58. The Bertz CT molecular complexity index is 355. The molecule has 0 aromatic rings. The average molecular weight is 252 g/mol. The molecule has 18 heavy (non-hydrogen) atoms. The summed E-state index contributed by atoms with van der Waals surface area (Å²) < 4.78 is 10.4. The van der Waals surface area contributed by atoms with Crippen LogP contribution in [0.5, 0.6) is 0 Å². The summed E-state index contributed by atoms with van der Waals surface area (Å²) in [5.74, 6) is 0.534. The summed E-state index contributed by atoms with van der Waals surface area (Å²) in [4.78, 5) is 23.1. The van der Waals surface area contributed by atoms with Crippen LogP contribution in [0.2, 0.25) is 0 Å². The highest BCUT2D eigenvalue weighted by Crippen LogP contribution is 2.26. The Kier molecular flexibility index (Phi) is 6.19. The number of ether oxygens (including phenoxy) is 2. The highest BCUT2D eigenvalue weighted by molar-refractivity contribution is 5.97. The molecule has 4 heteroatoms. The molecule has 0 aromatic heterocycles. The Balaban J connectivity index is 2.64. The van der Waals surface area contributed by atoms with E-state index in [1.54, 1.807) is 13.0 Å². The van der Waals surface area contributed by atoms with Crippen molar-refractivity contribution in [1.29, 1.82) is 0 Å². The van der Waals surface area contributed by atoms with Crippen molar-refractivity contribution in [3.05, 3.63) is 24.0 Å². The van der Waals surface area contributed by atoms with Crippen LogP contribution in [-0.2, 0) is 19.1 Å². The van der Waals surface area contributed by atoms with Crippen LogP contribution >= 0.6 is 0 Å². The highest BCUT2D eigenvalue weighted by Gasteiger charge is 2.22. The van der Waals surface area contributed by atoms with E-state index in [1.807, 2.05) is 0 Å². The molecule has 0 heterocycles. The van der Waals surface area contributed by atoms with Crippen LogP contribution in [0.4, 0.5) is 0 Å². The third kappa shape index (κ3) is 4.35. The van der Waals surface area contributed by atoms with Gasteiger partial charge in [-0.3, -0.25) is 9.59 Å². The third-order valence-corrected chi connectivity index (χ3v) is 2.74. The molecule has 0 aliphatic heterocycles. The first kappa shape index (κ1) is 14.5. The van der Waals surface area contributed by atoms with E-state index in [1.165, 1.54) is 0 Å². The summed E-state index contributed by atoms with van der Waals surface area (Å²) in [7, 11) is 0. The molecule has 0 fully saturated rings. The number of rotatable bonds is 7. The molecule has 100 valence electrons. The molecular weight excluding hydrogens is 232 g/mol. The smallest absolute Gasteiger partial charge is 0.306 e. The van der Waals surface area contributed by atoms with Gasteiger partial charge in [0.25, 0.3) is 0 Å². The summed E-state index contributed by atoms with van der Waals surface area (Å²) in [6.45, 7) is 6.11. The van der Waals surface area contributed by atoms with E-state index in [0.29, 0.717) is 31.6 Å². The van der Waals surface area contributed by atoms with Crippen molar-refractivity contribution in [2.75, 3.05) is 13.2 Å². The quantitative estimate of drug-likeness (QED) is 0.516. The fourth-order valence-electron chi connectivity index (χ4n) is 1.92. The first-order valence-electron chi connectivity index (χ1n) is 6.33. The molecule has 1 rings (SSSR count). The van der Waals surface area contributed by atoms with Gasteiger partial charge >= 0.3 is 5.97 Å². The lowest BCUT2D eigenvalue weighted by molar-refractivity contribution is -0.143. The van der Waals surface area contributed by atoms with E-state index in [4.69, 9.17) is 9.47 Å². The van der Waals surface area contributed by atoms with Crippen molar-refractivity contribution in [2.24, 2.45) is 0 Å². The second-order valence-electron chi connectivity index (χ2n) is 4.08. The molecule has 0 bridgehead atoms. The van der Waals surface area contributed by atoms with E-state index in [-0.39, 0.29) is 18.2 Å². The lowest BCUT2D eigenvalue weighted by Crippen LogP contribution is -2.15. The van der Waals surface area contributed by atoms with Crippen molar-refractivity contribution in [1.82, 2.24) is 0 Å². The predicted molar refractivity (Wildman–Crippen MR) is 67.9 cm³/mol. The first-order chi connectivity index (χ1) is 8.69. The number of hydrogen-bond acceptors (Lipinski definition) is 4. The molecular formula is C14H20O4. The number of Topliss-reactive ketones (excluding diaryl/α,β-unsaturated/α-hetero) is 1. The number of carbonyl (C=O) groups excluding carboxylic acids is 2. The molecule has 0 N–H and O–H groups in total. The maximum atomic E-state index is 11.8. The van der Waals surface area contributed by atoms with Gasteiger partial charge in [-0.1, -0.05) is 12.7 Å². The summed E-state index contributed by atoms with van der Waals surface area (Å²) in [6.07, 6.45) is 4.40. The minimum Gasteiger partial charge on any atom is -0.493 e. The monoisotopic (exact) mass is 252 g/mol. The molecule has 1 aliphatic rings. The topological polar surface area (TPSA) is 52.6 Å². The molecule has 0 atom stereocenters. The van der Waals surface area contributed by atoms with E-state index >= 15 is 0 Å². The molecule has 0 spiro atoms. The van der Waals surface area contributed by atoms with Crippen LogP contribution in [0.1, 0.15) is 39.0 Å². The zero-order chi connectivity index (χ0) is 13.4. The number of hydrogen-bond donors (Lipinski definition) is 0. The number of esters is 1. The highest BCUT2D eigenvalue weighted by atomic mass is 16.5. The first-order valence-corrected chi connectivity index (χ1v) is 6.33. The van der Waals surface area contributed by atoms with Gasteiger partial charge in [0.1, 0.15) is 12.4 Å². The van der Waals surface area contributed by atoms with Crippen molar-refractivity contribution in [3.63, 3.8) is 0 Å². The van der Waals surface area contributed by atoms with Crippen LogP contribution < -0.4 is 0 Å². The lowest BCUT2D eigenvalue weighted by Gasteiger charge is -2.19. The van der Waals surface area contributed by atoms with Crippen LogP contribution in [0.25, 0.3) is 0 Å². The van der Waals surface area contributed by atoms with E-state index in [2.05, 4.69) is 6.58 Å². The van der Waals surface area contributed by atoms with Gasteiger partial charge in [-0.25, -0.2) is 0 Å². The standard InChI is InChI=1S/C14H20O4/c1-3-10-18-13-7-5-6-12(15)11(13)8-9-14(16)17-4-2/h3H,1,4-10H2,2H3. The molecule has 1 aliphatic carbocycles. The largest absolute Gasteiger partial charge is 0.493 e. The van der Waals surface area contributed by atoms with Gasteiger partial charge in [0, 0.05) is 24.8 Å². The fourth-order valence-corrected chi connectivity index (χ4v) is 1.92. The van der Waals surface area contributed by atoms with Gasteiger partial charge in [0.15, 0.2) is 5.78 Å². The van der Waals surface area contributed by atoms with Crippen LogP contribution in [0, 0.1) is 0 Å². The van der Waals surface area contributed by atoms with Crippen molar-refractivity contribution in [3.8, 4) is 0 Å². The second-order valence-corrected chi connectivity index (χ2v) is 4.08. The summed E-state index contributed by atoms with van der Waals surface area (Å²) >= 11 is 0. The molecule has 0 unspecified atom stereocenters. The lowest BCUT2D eigenvalue weighted by atomic mass is 9.93. The van der Waals surface area contributed by atoms with Crippen molar-refractivity contribution < 1.29 is 19.1 Å². The third-order valence-electron chi connectivity index (χ3n) is 2.74. The average Bonchev–Trinajstić information content (AvgIpc) is 2.35. The minimum atomic E-state index is -0.272. The van der Waals surface area contributed by atoms with Crippen LogP contribution in [0.15, 0.2) is 24.0 Å². The predicted octanol–water partition coefficient (Wildman–Crippen LogP) is 2.54. The second kappa shape index (κ2) is 7.69. The van der Waals surface area contributed by atoms with Crippen molar-refractivity contribution in [2.45, 2.75) is 39.0 Å². The van der Waals surface area contributed by atoms with Gasteiger partial charge in [0.2, 0.25) is 0 Å². The molecule has 0 radical (unpaired) electrons. The van der Waals surface area contributed by atoms with Gasteiger partial charge in [0.05, 0.1) is 6.61 Å². The maximum absolute atomic E-state index is 11.8. The van der Waals surface area contributed by atoms with Crippen LogP contribution in [0.3, 0.4) is 0 Å². The van der Waals surface area contributed by atoms with E-state index < -0.39 is 0 Å². The Labute approximate surface area is 108 Å². The SMILES string of the molecule is C=CCOC1=C(CCC(=O)OCC)C(=O)CCC1. The number of ketones is 1. The molecule has 0 amide bonds. The van der Waals surface area contributed by atoms with Gasteiger partial charge in [-0.15, -0.1) is 0 Å². The fraction of sp³-hybridized carbons (Fsp3) is 0.571. The van der Waals surface area contributed by atoms with Gasteiger partial charge in [-0.2, -0.15) is 0 Å². The van der Waals surface area contributed by atoms with E-state index in [0.717, 1.165) is 18.6 Å². The zero-order valence-electron chi connectivity index (χ0n) is 10.9. The Morgan fingerprint density at radius 2 is 2.22 bits per heavy atom. The summed E-state index contributed by atoms with van der Waals surface area (Å²) in [5, 5.41) is 0. The Morgan fingerprint density at radius 3 is 2.89 bits per heavy atom. The summed E-state index contributed by atoms with van der Waals surface area (Å²) in [5.41, 5.74) is 0.649. The molecule has 0 aromatic carbocycles. The van der Waals surface area contributed by atoms with Crippen molar-refractivity contribution >= 4 is 11.8 Å². The number of allylic oxidation sites excluding steroid dienone is 2. The van der Waals surface area contributed by atoms with Crippen LogP contribution in [-0.4, -0.2) is 25.0 Å². The number of carbonyl (C=O) groups is 2. The minimum absolute atomic E-state index is 0.0876. The molecule has 4 nitrogen and oxygen atoms in total. The summed E-state index contributed by atoms with van der Waals surface area (Å²) in [6, 6.07) is 0. The van der Waals surface area contributed by atoms with Gasteiger partial charge < -0.3 is 9.47 Å². The Morgan fingerprint density at radius 1 is 1.44 bits per heavy atom. The molecule has 0 saturated carbocycles. The maximum Gasteiger partial charge on any atom is 0.306 e. The van der Waals surface area contributed by atoms with Gasteiger partial charge in [-0.05, 0) is 19.8 Å². The zero-order valence-corrected chi connectivity index (χ0v) is 10.9. The normalized spacial score (nSPS) is 15.5.